The van der Waals surface area contributed by atoms with Crippen LogP contribution in [0.5, 0.6) is 0 Å². The van der Waals surface area contributed by atoms with Crippen LogP contribution < -0.4 is 10.6 Å². The Kier molecular flexibility index (Phi) is 5.27. The molecule has 0 atom stereocenters. The third-order valence-corrected chi connectivity index (χ3v) is 3.82. The van der Waals surface area contributed by atoms with Crippen molar-refractivity contribution >= 4 is 74.5 Å². The molecule has 2 rings (SSSR count). The molecule has 0 spiro atoms. The summed E-state index contributed by atoms with van der Waals surface area (Å²) in [6.07, 6.45) is 0. The second-order valence-electron chi connectivity index (χ2n) is 3.72. The van der Waals surface area contributed by atoms with Crippen molar-refractivity contribution in [2.24, 2.45) is 0 Å². The number of rotatable bonds is 2. The van der Waals surface area contributed by atoms with Crippen LogP contribution in [0.25, 0.3) is 0 Å². The van der Waals surface area contributed by atoms with Gasteiger partial charge in [0.25, 0.3) is 0 Å². The molecule has 0 fully saturated rings. The standard InChI is InChI=1S/C13H9Cl2IN2S/c14-8-5-9(15)7-10(6-8)17-13(19)18-12-4-2-1-3-11(12)16/h1-7H,(H2,17,18,19). The van der Waals surface area contributed by atoms with E-state index >= 15 is 0 Å². The summed E-state index contributed by atoms with van der Waals surface area (Å²) in [7, 11) is 0. The van der Waals surface area contributed by atoms with E-state index in [0.717, 1.165) is 14.9 Å². The number of anilines is 2. The second-order valence-corrected chi connectivity index (χ2v) is 6.16. The third kappa shape index (κ3) is 4.49. The van der Waals surface area contributed by atoms with Crippen molar-refractivity contribution in [2.45, 2.75) is 0 Å². The minimum atomic E-state index is 0.488. The van der Waals surface area contributed by atoms with E-state index in [9.17, 15) is 0 Å². The summed E-state index contributed by atoms with van der Waals surface area (Å²) in [5.74, 6) is 0. The van der Waals surface area contributed by atoms with Gasteiger partial charge in [-0.3, -0.25) is 0 Å². The first-order chi connectivity index (χ1) is 9.04. The topological polar surface area (TPSA) is 24.1 Å². The number of thiocarbonyl (C=S) groups is 1. The molecule has 2 aromatic rings. The molecular weight excluding hydrogens is 414 g/mol. The third-order valence-electron chi connectivity index (χ3n) is 2.24. The van der Waals surface area contributed by atoms with Crippen LogP contribution in [0.4, 0.5) is 11.4 Å². The second kappa shape index (κ2) is 6.74. The van der Waals surface area contributed by atoms with Gasteiger partial charge in [-0.15, -0.1) is 0 Å². The maximum absolute atomic E-state index is 5.93. The van der Waals surface area contributed by atoms with Gasteiger partial charge in [0.2, 0.25) is 0 Å². The van der Waals surface area contributed by atoms with Crippen LogP contribution in [0.2, 0.25) is 10.0 Å². The lowest BCUT2D eigenvalue weighted by Crippen LogP contribution is -2.19. The van der Waals surface area contributed by atoms with Crippen molar-refractivity contribution in [2.75, 3.05) is 10.6 Å². The zero-order valence-electron chi connectivity index (χ0n) is 9.58. The Balaban J connectivity index is 2.07. The number of halogens is 3. The molecule has 0 unspecified atom stereocenters. The fraction of sp³-hybridized carbons (Fsp3) is 0. The molecule has 2 aromatic carbocycles. The predicted octanol–water partition coefficient (Wildman–Crippen LogP) is 5.41. The summed E-state index contributed by atoms with van der Waals surface area (Å²) < 4.78 is 1.09. The van der Waals surface area contributed by atoms with Crippen LogP contribution in [-0.2, 0) is 0 Å². The van der Waals surface area contributed by atoms with Gasteiger partial charge in [-0.1, -0.05) is 35.3 Å². The molecule has 6 heteroatoms. The van der Waals surface area contributed by atoms with Crippen molar-refractivity contribution in [1.82, 2.24) is 0 Å². The van der Waals surface area contributed by atoms with Crippen LogP contribution in [0.3, 0.4) is 0 Å². The first-order valence-corrected chi connectivity index (χ1v) is 7.57. The first kappa shape index (κ1) is 14.8. The van der Waals surface area contributed by atoms with Gasteiger partial charge in [0, 0.05) is 19.3 Å². The maximum atomic E-state index is 5.93. The van der Waals surface area contributed by atoms with Crippen LogP contribution in [0.15, 0.2) is 42.5 Å². The number of para-hydroxylation sites is 1. The monoisotopic (exact) mass is 422 g/mol. The lowest BCUT2D eigenvalue weighted by molar-refractivity contribution is 1.57. The van der Waals surface area contributed by atoms with Crippen LogP contribution >= 0.6 is 58.0 Å². The van der Waals surface area contributed by atoms with Gasteiger partial charge >= 0.3 is 0 Å². The Bertz CT molecular complexity index is 599. The average molecular weight is 423 g/mol. The van der Waals surface area contributed by atoms with E-state index in [1.165, 1.54) is 0 Å². The molecule has 0 heterocycles. The molecule has 2 nitrogen and oxygen atoms in total. The Morgan fingerprint density at radius 1 is 1.00 bits per heavy atom. The van der Waals surface area contributed by atoms with Crippen LogP contribution in [0, 0.1) is 3.57 Å². The van der Waals surface area contributed by atoms with Gasteiger partial charge in [-0.2, -0.15) is 0 Å². The zero-order chi connectivity index (χ0) is 13.8. The number of hydrogen-bond donors (Lipinski definition) is 2. The lowest BCUT2D eigenvalue weighted by atomic mass is 10.3. The highest BCUT2D eigenvalue weighted by Gasteiger charge is 2.03. The van der Waals surface area contributed by atoms with Gasteiger partial charge in [0.15, 0.2) is 5.11 Å². The van der Waals surface area contributed by atoms with Crippen LogP contribution in [-0.4, -0.2) is 5.11 Å². The fourth-order valence-corrected chi connectivity index (χ4v) is 2.75. The molecule has 0 radical (unpaired) electrons. The zero-order valence-corrected chi connectivity index (χ0v) is 14.1. The summed E-state index contributed by atoms with van der Waals surface area (Å²) in [5, 5.41) is 7.78. The van der Waals surface area contributed by atoms with Crippen LogP contribution in [0.1, 0.15) is 0 Å². The summed E-state index contributed by atoms with van der Waals surface area (Å²) in [5.41, 5.74) is 1.70. The number of nitrogens with one attached hydrogen (secondary N) is 2. The molecule has 19 heavy (non-hydrogen) atoms. The Labute approximate surface area is 140 Å². The fourth-order valence-electron chi connectivity index (χ4n) is 1.47. The van der Waals surface area contributed by atoms with Crippen molar-refractivity contribution in [3.63, 3.8) is 0 Å². The first-order valence-electron chi connectivity index (χ1n) is 5.33. The van der Waals surface area contributed by atoms with Crippen molar-refractivity contribution in [3.8, 4) is 0 Å². The Hall–Kier alpha value is -0.560. The van der Waals surface area contributed by atoms with Crippen molar-refractivity contribution in [3.05, 3.63) is 56.1 Å². The summed E-state index contributed by atoms with van der Waals surface area (Å²) in [4.78, 5) is 0. The molecule has 0 aromatic heterocycles. The minimum Gasteiger partial charge on any atom is -0.332 e. The smallest absolute Gasteiger partial charge is 0.175 e. The van der Waals surface area contributed by atoms with E-state index in [0.29, 0.717) is 15.2 Å². The van der Waals surface area contributed by atoms with Gasteiger partial charge < -0.3 is 10.6 Å². The highest BCUT2D eigenvalue weighted by Crippen LogP contribution is 2.23. The van der Waals surface area contributed by atoms with Gasteiger partial charge in [0.1, 0.15) is 0 Å². The molecule has 0 bridgehead atoms. The highest BCUT2D eigenvalue weighted by molar-refractivity contribution is 14.1. The van der Waals surface area contributed by atoms with Gasteiger partial charge in [-0.25, -0.2) is 0 Å². The maximum Gasteiger partial charge on any atom is 0.175 e. The molecule has 0 aliphatic rings. The van der Waals surface area contributed by atoms with E-state index < -0.39 is 0 Å². The molecule has 98 valence electrons. The normalized spacial score (nSPS) is 10.1. The summed E-state index contributed by atoms with van der Waals surface area (Å²) in [6, 6.07) is 13.1. The molecule has 0 saturated heterocycles. The molecular formula is C13H9Cl2IN2S. The largest absolute Gasteiger partial charge is 0.332 e. The molecule has 0 saturated carbocycles. The lowest BCUT2D eigenvalue weighted by Gasteiger charge is -2.12. The van der Waals surface area contributed by atoms with E-state index in [2.05, 4.69) is 33.2 Å². The van der Waals surface area contributed by atoms with Gasteiger partial charge in [0.05, 0.1) is 5.69 Å². The van der Waals surface area contributed by atoms with E-state index in [1.54, 1.807) is 18.2 Å². The van der Waals surface area contributed by atoms with Crippen molar-refractivity contribution in [1.29, 1.82) is 0 Å². The number of benzene rings is 2. The SMILES string of the molecule is S=C(Nc1cc(Cl)cc(Cl)c1)Nc1ccccc1I. The van der Waals surface area contributed by atoms with Crippen molar-refractivity contribution < 1.29 is 0 Å². The van der Waals surface area contributed by atoms with E-state index in [4.69, 9.17) is 35.4 Å². The van der Waals surface area contributed by atoms with E-state index in [1.807, 2.05) is 24.3 Å². The summed E-state index contributed by atoms with van der Waals surface area (Å²) in [6.45, 7) is 0. The molecule has 0 amide bonds. The Morgan fingerprint density at radius 2 is 1.63 bits per heavy atom. The number of hydrogen-bond acceptors (Lipinski definition) is 1. The predicted molar refractivity (Wildman–Crippen MR) is 95.5 cm³/mol. The minimum absolute atomic E-state index is 0.488. The molecule has 2 N–H and O–H groups in total. The average Bonchev–Trinajstić information content (AvgIpc) is 2.30. The molecule has 0 aliphatic carbocycles. The summed E-state index contributed by atoms with van der Waals surface area (Å²) >= 11 is 19.4. The molecule has 0 aliphatic heterocycles. The van der Waals surface area contributed by atoms with Gasteiger partial charge in [-0.05, 0) is 65.1 Å². The van der Waals surface area contributed by atoms with E-state index in [-0.39, 0.29) is 0 Å². The Morgan fingerprint density at radius 3 is 2.26 bits per heavy atom. The quantitative estimate of drug-likeness (QED) is 0.500. The highest BCUT2D eigenvalue weighted by atomic mass is 127.